The highest BCUT2D eigenvalue weighted by Crippen LogP contribution is 2.32. The molecule has 0 amide bonds. The van der Waals surface area contributed by atoms with Gasteiger partial charge in [-0.25, -0.2) is 4.79 Å². The largest absolute Gasteiger partial charge is 0.423 e. The fourth-order valence-electron chi connectivity index (χ4n) is 3.31. The lowest BCUT2D eigenvalue weighted by molar-refractivity contribution is 0.0734. The Bertz CT molecular complexity index is 783. The molecule has 0 aliphatic carbocycles. The first-order valence-corrected chi connectivity index (χ1v) is 13.2. The van der Waals surface area contributed by atoms with E-state index in [1.807, 2.05) is 18.2 Å². The molecule has 142 valence electrons. The van der Waals surface area contributed by atoms with Gasteiger partial charge in [0, 0.05) is 0 Å². The minimum Gasteiger partial charge on any atom is -0.423 e. The quantitative estimate of drug-likeness (QED) is 0.233. The predicted molar refractivity (Wildman–Crippen MR) is 113 cm³/mol. The van der Waals surface area contributed by atoms with Crippen molar-refractivity contribution in [2.24, 2.45) is 0 Å². The van der Waals surface area contributed by atoms with Crippen LogP contribution in [0.2, 0.25) is 19.6 Å². The van der Waals surface area contributed by atoms with Crippen molar-refractivity contribution < 1.29 is 9.53 Å². The molecule has 4 heteroatoms. The molecule has 0 radical (unpaired) electrons. The zero-order valence-corrected chi connectivity index (χ0v) is 17.8. The van der Waals surface area contributed by atoms with Gasteiger partial charge in [-0.15, -0.1) is 0 Å². The normalized spacial score (nSPS) is 12.3. The molecule has 0 saturated heterocycles. The van der Waals surface area contributed by atoms with Crippen LogP contribution < -0.4 is 4.74 Å². The number of rotatable bonds is 8. The van der Waals surface area contributed by atoms with Gasteiger partial charge in [0.25, 0.3) is 0 Å². The van der Waals surface area contributed by atoms with Gasteiger partial charge in [-0.1, -0.05) is 58.0 Å². The SMILES string of the molecule is CCCCCC(c1ccc(C(=O)Oc2ccc(C#N)cc2)cc1)[Si](C)(C)C. The molecule has 0 fully saturated rings. The fourth-order valence-corrected chi connectivity index (χ4v) is 5.58. The molecule has 0 heterocycles. The number of nitriles is 1. The Hall–Kier alpha value is -2.38. The van der Waals surface area contributed by atoms with Crippen molar-refractivity contribution in [2.75, 3.05) is 0 Å². The third-order valence-electron chi connectivity index (χ3n) is 4.88. The van der Waals surface area contributed by atoms with Crippen LogP contribution in [-0.4, -0.2) is 14.0 Å². The molecule has 0 aliphatic rings. The Morgan fingerprint density at radius 1 is 1.04 bits per heavy atom. The Kier molecular flexibility index (Phi) is 7.38. The van der Waals surface area contributed by atoms with E-state index in [-0.39, 0.29) is 5.97 Å². The lowest BCUT2D eigenvalue weighted by atomic mass is 10.0. The first-order chi connectivity index (χ1) is 12.8. The second-order valence-corrected chi connectivity index (χ2v) is 13.5. The second kappa shape index (κ2) is 9.52. The monoisotopic (exact) mass is 379 g/mol. The van der Waals surface area contributed by atoms with Crippen molar-refractivity contribution in [3.05, 3.63) is 65.2 Å². The average Bonchev–Trinajstić information content (AvgIpc) is 2.65. The molecule has 2 aromatic rings. The molecule has 0 aliphatic heterocycles. The van der Waals surface area contributed by atoms with Gasteiger partial charge >= 0.3 is 5.97 Å². The van der Waals surface area contributed by atoms with Crippen LogP contribution in [0.5, 0.6) is 5.75 Å². The van der Waals surface area contributed by atoms with Crippen molar-refractivity contribution in [3.8, 4) is 11.8 Å². The molecule has 0 N–H and O–H groups in total. The summed E-state index contributed by atoms with van der Waals surface area (Å²) in [5, 5.41) is 8.83. The van der Waals surface area contributed by atoms with Crippen LogP contribution in [0.3, 0.4) is 0 Å². The second-order valence-electron chi connectivity index (χ2n) is 8.06. The predicted octanol–water partition coefficient (Wildman–Crippen LogP) is 6.32. The summed E-state index contributed by atoms with van der Waals surface area (Å²) < 4.78 is 5.41. The van der Waals surface area contributed by atoms with Crippen molar-refractivity contribution in [1.82, 2.24) is 0 Å². The van der Waals surface area contributed by atoms with Gasteiger partial charge in [0.1, 0.15) is 5.75 Å². The molecule has 27 heavy (non-hydrogen) atoms. The molecular weight excluding hydrogens is 350 g/mol. The van der Waals surface area contributed by atoms with Crippen LogP contribution in [0.25, 0.3) is 0 Å². The number of unbranched alkanes of at least 4 members (excludes halogenated alkanes) is 2. The number of carbonyl (C=O) groups is 1. The van der Waals surface area contributed by atoms with E-state index in [1.165, 1.54) is 31.2 Å². The maximum Gasteiger partial charge on any atom is 0.343 e. The number of hydrogen-bond donors (Lipinski definition) is 0. The Morgan fingerprint density at radius 3 is 2.19 bits per heavy atom. The van der Waals surface area contributed by atoms with Crippen LogP contribution in [0, 0.1) is 11.3 Å². The van der Waals surface area contributed by atoms with Crippen LogP contribution in [0.15, 0.2) is 48.5 Å². The first kappa shape index (κ1) is 20.9. The number of hydrogen-bond acceptors (Lipinski definition) is 3. The van der Waals surface area contributed by atoms with Gasteiger partial charge in [-0.3, -0.25) is 0 Å². The van der Waals surface area contributed by atoms with E-state index < -0.39 is 8.07 Å². The molecular formula is C23H29NO2Si. The van der Waals surface area contributed by atoms with Crippen LogP contribution in [0.4, 0.5) is 0 Å². The van der Waals surface area contributed by atoms with Gasteiger partial charge in [0.05, 0.1) is 25.3 Å². The van der Waals surface area contributed by atoms with Crippen LogP contribution in [0.1, 0.15) is 59.6 Å². The highest BCUT2D eigenvalue weighted by Gasteiger charge is 2.27. The average molecular weight is 380 g/mol. The summed E-state index contributed by atoms with van der Waals surface area (Å²) >= 11 is 0. The standard InChI is InChI=1S/C23H29NO2Si/c1-5-6-7-8-22(27(2,3)4)19-11-13-20(14-12-19)23(25)26-21-15-9-18(17-24)10-16-21/h9-16,22H,5-8H2,1-4H3. The van der Waals surface area contributed by atoms with Gasteiger partial charge < -0.3 is 4.74 Å². The van der Waals surface area contributed by atoms with E-state index in [4.69, 9.17) is 10.00 Å². The summed E-state index contributed by atoms with van der Waals surface area (Å²) in [5.41, 5.74) is 3.03. The first-order valence-electron chi connectivity index (χ1n) is 9.67. The number of nitrogens with zero attached hydrogens (tertiary/aromatic N) is 1. The highest BCUT2D eigenvalue weighted by molar-refractivity contribution is 6.77. The number of ether oxygens (including phenoxy) is 1. The molecule has 0 bridgehead atoms. The van der Waals surface area contributed by atoms with Crippen molar-refractivity contribution >= 4 is 14.0 Å². The van der Waals surface area contributed by atoms with E-state index in [9.17, 15) is 4.79 Å². The Labute approximate surface area is 164 Å². The van der Waals surface area contributed by atoms with Crippen molar-refractivity contribution in [3.63, 3.8) is 0 Å². The van der Waals surface area contributed by atoms with Crippen LogP contribution >= 0.6 is 0 Å². The minimum absolute atomic E-state index is 0.373. The van der Waals surface area contributed by atoms with E-state index in [0.29, 0.717) is 22.4 Å². The molecule has 3 nitrogen and oxygen atoms in total. The Morgan fingerprint density at radius 2 is 1.67 bits per heavy atom. The lowest BCUT2D eigenvalue weighted by Gasteiger charge is -2.29. The van der Waals surface area contributed by atoms with E-state index in [1.54, 1.807) is 24.3 Å². The zero-order chi connectivity index (χ0) is 19.9. The van der Waals surface area contributed by atoms with Crippen LogP contribution in [-0.2, 0) is 0 Å². The maximum absolute atomic E-state index is 12.4. The summed E-state index contributed by atoms with van der Waals surface area (Å²) in [7, 11) is -1.33. The van der Waals surface area contributed by atoms with Gasteiger partial charge in [0.2, 0.25) is 0 Å². The smallest absolute Gasteiger partial charge is 0.343 e. The molecule has 1 atom stereocenters. The fraction of sp³-hybridized carbons (Fsp3) is 0.391. The summed E-state index contributed by atoms with van der Waals surface area (Å²) in [6, 6.07) is 16.5. The minimum atomic E-state index is -1.33. The lowest BCUT2D eigenvalue weighted by Crippen LogP contribution is -2.31. The number of carbonyl (C=O) groups excluding carboxylic acids is 1. The van der Waals surface area contributed by atoms with Gasteiger partial charge in [-0.2, -0.15) is 5.26 Å². The maximum atomic E-state index is 12.4. The van der Waals surface area contributed by atoms with E-state index in [2.05, 4.69) is 38.7 Å². The molecule has 2 rings (SSSR count). The molecule has 0 spiro atoms. The van der Waals surface area contributed by atoms with E-state index >= 15 is 0 Å². The number of benzene rings is 2. The summed E-state index contributed by atoms with van der Waals surface area (Å²) in [4.78, 5) is 12.4. The van der Waals surface area contributed by atoms with E-state index in [0.717, 1.165) is 0 Å². The summed E-state index contributed by atoms with van der Waals surface area (Å²) in [6.45, 7) is 9.47. The zero-order valence-electron chi connectivity index (χ0n) is 16.8. The van der Waals surface area contributed by atoms with Crippen molar-refractivity contribution in [2.45, 2.75) is 57.8 Å². The topological polar surface area (TPSA) is 50.1 Å². The summed E-state index contributed by atoms with van der Waals surface area (Å²) in [5.74, 6) is 0.0735. The number of esters is 1. The third-order valence-corrected chi connectivity index (χ3v) is 7.60. The highest BCUT2D eigenvalue weighted by atomic mass is 28.3. The molecule has 2 aromatic carbocycles. The molecule has 0 aromatic heterocycles. The van der Waals surface area contributed by atoms with Gasteiger partial charge in [0.15, 0.2) is 0 Å². The van der Waals surface area contributed by atoms with Gasteiger partial charge in [-0.05, 0) is 53.9 Å². The summed E-state index contributed by atoms with van der Waals surface area (Å²) in [6.07, 6.45) is 4.99. The molecule has 1 unspecified atom stereocenters. The Balaban J connectivity index is 2.09. The molecule has 0 saturated carbocycles. The van der Waals surface area contributed by atoms with Crippen molar-refractivity contribution in [1.29, 1.82) is 5.26 Å². The third kappa shape index (κ3) is 6.08.